The van der Waals surface area contributed by atoms with E-state index in [2.05, 4.69) is 17.1 Å². The highest BCUT2D eigenvalue weighted by molar-refractivity contribution is 7.89. The number of sulfonamides is 1. The van der Waals surface area contributed by atoms with Gasteiger partial charge in [0.15, 0.2) is 17.7 Å². The van der Waals surface area contributed by atoms with E-state index in [0.29, 0.717) is 12.2 Å². The van der Waals surface area contributed by atoms with E-state index in [-0.39, 0.29) is 42.8 Å². The fourth-order valence-electron chi connectivity index (χ4n) is 2.95. The summed E-state index contributed by atoms with van der Waals surface area (Å²) in [4.78, 5) is 15.0. The summed E-state index contributed by atoms with van der Waals surface area (Å²) in [6.07, 6.45) is 1.83. The molecule has 30 heavy (non-hydrogen) atoms. The average molecular weight is 440 g/mol. The summed E-state index contributed by atoms with van der Waals surface area (Å²) in [7, 11) is -3.87. The number of unbranched alkanes of at least 4 members (excludes halogenated alkanes) is 1. The Morgan fingerprint density at radius 1 is 1.33 bits per heavy atom. The van der Waals surface area contributed by atoms with Crippen molar-refractivity contribution in [2.24, 2.45) is 0 Å². The lowest BCUT2D eigenvalue weighted by Crippen LogP contribution is -2.40. The predicted molar refractivity (Wildman–Crippen MR) is 105 cm³/mol. The summed E-state index contributed by atoms with van der Waals surface area (Å²) >= 11 is 0. The maximum atomic E-state index is 12.8. The van der Waals surface area contributed by atoms with Crippen LogP contribution in [0.15, 0.2) is 27.6 Å². The van der Waals surface area contributed by atoms with Crippen LogP contribution in [0.2, 0.25) is 0 Å². The molecule has 1 unspecified atom stereocenters. The van der Waals surface area contributed by atoms with Crippen LogP contribution >= 0.6 is 0 Å². The van der Waals surface area contributed by atoms with Gasteiger partial charge in [-0.15, -0.1) is 0 Å². The Hall–Kier alpha value is -2.57. The highest BCUT2D eigenvalue weighted by Crippen LogP contribution is 2.33. The second-order valence-corrected chi connectivity index (χ2v) is 8.75. The maximum Gasteiger partial charge on any atom is 0.312 e. The van der Waals surface area contributed by atoms with E-state index in [9.17, 15) is 18.5 Å². The lowest BCUT2D eigenvalue weighted by atomic mass is 10.2. The molecule has 0 saturated carbocycles. The van der Waals surface area contributed by atoms with Crippen LogP contribution in [0.4, 0.5) is 5.69 Å². The largest absolute Gasteiger partial charge is 0.474 e. The van der Waals surface area contributed by atoms with Crippen LogP contribution in [-0.2, 0) is 21.2 Å². The van der Waals surface area contributed by atoms with E-state index in [0.717, 1.165) is 18.9 Å². The predicted octanol–water partition coefficient (Wildman–Crippen LogP) is 2.48. The number of benzene rings is 1. The lowest BCUT2D eigenvalue weighted by molar-refractivity contribution is -0.386. The quantitative estimate of drug-likeness (QED) is 0.425. The number of morpholine rings is 1. The molecule has 2 aromatic rings. The van der Waals surface area contributed by atoms with Gasteiger partial charge in [0, 0.05) is 25.6 Å². The number of nitrogens with zero attached hydrogens (tertiary/aromatic N) is 4. The minimum absolute atomic E-state index is 0.0817. The molecule has 164 valence electrons. The van der Waals surface area contributed by atoms with Gasteiger partial charge in [-0.1, -0.05) is 18.5 Å². The molecule has 3 rings (SSSR count). The SMILES string of the molecule is CCCCc1noc(C(C)Oc2ccc(S(=O)(=O)N3CCOCC3)cc2[N+](=O)[O-])n1. The van der Waals surface area contributed by atoms with Crippen molar-refractivity contribution < 1.29 is 27.3 Å². The first kappa shape index (κ1) is 22.1. The molecule has 0 bridgehead atoms. The number of hydrogen-bond acceptors (Lipinski definition) is 9. The maximum absolute atomic E-state index is 12.8. The normalized spacial score (nSPS) is 16.3. The van der Waals surface area contributed by atoms with Gasteiger partial charge in [0.25, 0.3) is 5.89 Å². The smallest absolute Gasteiger partial charge is 0.312 e. The monoisotopic (exact) mass is 440 g/mol. The molecule has 0 radical (unpaired) electrons. The third kappa shape index (κ3) is 4.94. The zero-order chi connectivity index (χ0) is 21.7. The summed E-state index contributed by atoms with van der Waals surface area (Å²) in [5.74, 6) is 0.658. The van der Waals surface area contributed by atoms with Gasteiger partial charge in [-0.2, -0.15) is 9.29 Å². The molecule has 1 aliphatic heterocycles. The number of rotatable bonds is 9. The second kappa shape index (κ2) is 9.49. The topological polar surface area (TPSA) is 138 Å². The minimum Gasteiger partial charge on any atom is -0.474 e. The van der Waals surface area contributed by atoms with Crippen molar-refractivity contribution in [2.45, 2.75) is 44.1 Å². The minimum atomic E-state index is -3.87. The van der Waals surface area contributed by atoms with Crippen molar-refractivity contribution >= 4 is 15.7 Å². The van der Waals surface area contributed by atoms with Crippen molar-refractivity contribution in [3.05, 3.63) is 40.0 Å². The molecule has 1 aromatic carbocycles. The van der Waals surface area contributed by atoms with Gasteiger partial charge in [-0.05, 0) is 25.5 Å². The average Bonchev–Trinajstić information content (AvgIpc) is 3.22. The van der Waals surface area contributed by atoms with Gasteiger partial charge in [0.05, 0.1) is 23.0 Å². The summed E-state index contributed by atoms with van der Waals surface area (Å²) in [6.45, 7) is 4.63. The van der Waals surface area contributed by atoms with Crippen LogP contribution < -0.4 is 4.74 Å². The van der Waals surface area contributed by atoms with Gasteiger partial charge in [-0.3, -0.25) is 10.1 Å². The van der Waals surface area contributed by atoms with Crippen LogP contribution in [-0.4, -0.2) is 54.1 Å². The van der Waals surface area contributed by atoms with Gasteiger partial charge in [0.2, 0.25) is 10.0 Å². The summed E-state index contributed by atoms with van der Waals surface area (Å²) in [6, 6.07) is 3.57. The first-order valence-corrected chi connectivity index (χ1v) is 11.1. The van der Waals surface area contributed by atoms with Crippen molar-refractivity contribution in [3.63, 3.8) is 0 Å². The van der Waals surface area contributed by atoms with Crippen LogP contribution in [0.25, 0.3) is 0 Å². The molecule has 0 spiro atoms. The van der Waals surface area contributed by atoms with Crippen molar-refractivity contribution in [1.29, 1.82) is 0 Å². The van der Waals surface area contributed by atoms with E-state index in [4.69, 9.17) is 14.0 Å². The number of hydrogen-bond donors (Lipinski definition) is 0. The number of nitro benzene ring substituents is 1. The Bertz CT molecular complexity index is 986. The Kier molecular flexibility index (Phi) is 7.00. The zero-order valence-electron chi connectivity index (χ0n) is 16.8. The van der Waals surface area contributed by atoms with Crippen molar-refractivity contribution in [3.8, 4) is 5.75 Å². The van der Waals surface area contributed by atoms with E-state index in [1.54, 1.807) is 6.92 Å². The van der Waals surface area contributed by atoms with Gasteiger partial charge >= 0.3 is 5.69 Å². The fourth-order valence-corrected chi connectivity index (χ4v) is 4.37. The number of nitro groups is 1. The number of ether oxygens (including phenoxy) is 2. The Morgan fingerprint density at radius 3 is 2.73 bits per heavy atom. The van der Waals surface area contributed by atoms with Crippen LogP contribution in [0.1, 0.15) is 44.5 Å². The van der Waals surface area contributed by atoms with Gasteiger partial charge in [-0.25, -0.2) is 8.42 Å². The van der Waals surface area contributed by atoms with Crippen LogP contribution in [0, 0.1) is 10.1 Å². The molecule has 0 aliphatic carbocycles. The second-order valence-electron chi connectivity index (χ2n) is 6.82. The summed E-state index contributed by atoms with van der Waals surface area (Å²) in [5.41, 5.74) is -0.457. The molecule has 0 amide bonds. The van der Waals surface area contributed by atoms with E-state index in [1.807, 2.05) is 0 Å². The Labute approximate surface area is 174 Å². The highest BCUT2D eigenvalue weighted by atomic mass is 32.2. The van der Waals surface area contributed by atoms with Gasteiger partial charge < -0.3 is 14.0 Å². The molecule has 12 heteroatoms. The third-order valence-corrected chi connectivity index (χ3v) is 6.52. The number of aryl methyl sites for hydroxylation is 1. The fraction of sp³-hybridized carbons (Fsp3) is 0.556. The molecule has 1 atom stereocenters. The van der Waals surface area contributed by atoms with Crippen LogP contribution in [0.5, 0.6) is 5.75 Å². The molecule has 2 heterocycles. The van der Waals surface area contributed by atoms with Crippen molar-refractivity contribution in [1.82, 2.24) is 14.4 Å². The summed E-state index contributed by atoms with van der Waals surface area (Å²) < 4.78 is 42.8. The van der Waals surface area contributed by atoms with Gasteiger partial charge in [0.1, 0.15) is 0 Å². The molecule has 11 nitrogen and oxygen atoms in total. The standard InChI is InChI=1S/C18H24N4O7S/c1-3-4-5-17-19-18(29-20-17)13(2)28-16-7-6-14(12-15(16)22(23)24)30(25,26)21-8-10-27-11-9-21/h6-7,12-13H,3-5,8-11H2,1-2H3. The highest BCUT2D eigenvalue weighted by Gasteiger charge is 2.30. The lowest BCUT2D eigenvalue weighted by Gasteiger charge is -2.26. The molecular weight excluding hydrogens is 416 g/mol. The molecular formula is C18H24N4O7S. The third-order valence-electron chi connectivity index (χ3n) is 4.62. The molecule has 1 aromatic heterocycles. The van der Waals surface area contributed by atoms with E-state index < -0.39 is 26.7 Å². The summed E-state index contributed by atoms with van der Waals surface area (Å²) in [5, 5.41) is 15.4. The molecule has 1 saturated heterocycles. The Balaban J connectivity index is 1.81. The van der Waals surface area contributed by atoms with E-state index >= 15 is 0 Å². The van der Waals surface area contributed by atoms with Crippen LogP contribution in [0.3, 0.4) is 0 Å². The number of aromatic nitrogens is 2. The molecule has 0 N–H and O–H groups in total. The van der Waals surface area contributed by atoms with E-state index in [1.165, 1.54) is 16.4 Å². The first-order valence-electron chi connectivity index (χ1n) is 9.68. The zero-order valence-corrected chi connectivity index (χ0v) is 17.6. The molecule has 1 fully saturated rings. The Morgan fingerprint density at radius 2 is 2.07 bits per heavy atom. The van der Waals surface area contributed by atoms with Crippen molar-refractivity contribution in [2.75, 3.05) is 26.3 Å². The molecule has 1 aliphatic rings. The first-order chi connectivity index (χ1) is 14.3.